The van der Waals surface area contributed by atoms with E-state index >= 15 is 0 Å². The molecule has 3 aromatic rings. The molecule has 8 nitrogen and oxygen atoms in total. The highest BCUT2D eigenvalue weighted by Gasteiger charge is 2.14. The van der Waals surface area contributed by atoms with Gasteiger partial charge in [-0.15, -0.1) is 25.7 Å². The predicted octanol–water partition coefficient (Wildman–Crippen LogP) is 4.60. The highest BCUT2D eigenvalue weighted by atomic mass is 16.4. The average Bonchev–Trinajstić information content (AvgIpc) is 2.87. The second-order valence-electron chi connectivity index (χ2n) is 7.30. The lowest BCUT2D eigenvalue weighted by molar-refractivity contribution is 0.0697. The number of terminal acetylenes is 4. The zero-order valence-corrected chi connectivity index (χ0v) is 19.2. The molecule has 0 radical (unpaired) electrons. The first-order valence-corrected chi connectivity index (χ1v) is 10.5. The Hall–Kier alpha value is -6.09. The molecule has 4 amide bonds. The molecule has 0 atom stereocenters. The number of carboxylic acid groups (broad SMARTS) is 1. The average molecular weight is 486 g/mol. The van der Waals surface area contributed by atoms with E-state index in [-0.39, 0.29) is 16.9 Å². The van der Waals surface area contributed by atoms with Gasteiger partial charge in [-0.05, 0) is 42.5 Å². The van der Waals surface area contributed by atoms with Crippen LogP contribution < -0.4 is 21.3 Å². The minimum atomic E-state index is -1.28. The number of aromatic carboxylic acids is 1. The zero-order valence-electron chi connectivity index (χ0n) is 19.2. The fourth-order valence-electron chi connectivity index (χ4n) is 3.33. The van der Waals surface area contributed by atoms with E-state index in [2.05, 4.69) is 44.9 Å². The minimum absolute atomic E-state index is 0.0849. The summed E-state index contributed by atoms with van der Waals surface area (Å²) >= 11 is 0. The van der Waals surface area contributed by atoms with Gasteiger partial charge in [0, 0.05) is 22.5 Å². The first-order valence-electron chi connectivity index (χ1n) is 10.5. The quantitative estimate of drug-likeness (QED) is 0.339. The standard InChI is InChI=1S/C29H18N4O4/c1-5-18-11-9-13-25(23(18)7-3)32-28(36)30-21-15-20(27(34)35)16-22(17-21)31-29(37)33-26-14-10-12-19(6-2)24(26)8-4/h1-4,9-17H,(H,34,35)(H2,30,32,36)(H2,31,33,37). The summed E-state index contributed by atoms with van der Waals surface area (Å²) in [4.78, 5) is 36.9. The maximum atomic E-state index is 12.6. The third-order valence-corrected chi connectivity index (χ3v) is 4.92. The first kappa shape index (κ1) is 25.5. The van der Waals surface area contributed by atoms with E-state index in [1.807, 2.05) is 0 Å². The molecule has 37 heavy (non-hydrogen) atoms. The van der Waals surface area contributed by atoms with Crippen molar-refractivity contribution in [2.45, 2.75) is 0 Å². The van der Waals surface area contributed by atoms with Gasteiger partial charge in [-0.2, -0.15) is 0 Å². The van der Waals surface area contributed by atoms with Gasteiger partial charge in [0.25, 0.3) is 0 Å². The number of urea groups is 2. The van der Waals surface area contributed by atoms with E-state index < -0.39 is 18.0 Å². The molecule has 0 spiro atoms. The van der Waals surface area contributed by atoms with Crippen LogP contribution in [0.1, 0.15) is 32.6 Å². The van der Waals surface area contributed by atoms with Gasteiger partial charge in [0.05, 0.1) is 28.1 Å². The van der Waals surface area contributed by atoms with Gasteiger partial charge >= 0.3 is 18.0 Å². The van der Waals surface area contributed by atoms with E-state index in [1.165, 1.54) is 18.2 Å². The summed E-state index contributed by atoms with van der Waals surface area (Å²) in [6.07, 6.45) is 21.9. The van der Waals surface area contributed by atoms with Crippen molar-refractivity contribution in [3.63, 3.8) is 0 Å². The Balaban J connectivity index is 1.82. The van der Waals surface area contributed by atoms with Crippen LogP contribution in [0.2, 0.25) is 0 Å². The van der Waals surface area contributed by atoms with E-state index in [0.717, 1.165) is 0 Å². The van der Waals surface area contributed by atoms with Gasteiger partial charge in [-0.3, -0.25) is 0 Å². The van der Waals surface area contributed by atoms with Crippen molar-refractivity contribution < 1.29 is 19.5 Å². The van der Waals surface area contributed by atoms with Crippen LogP contribution in [0.15, 0.2) is 54.6 Å². The summed E-state index contributed by atoms with van der Waals surface area (Å²) in [6, 6.07) is 12.0. The van der Waals surface area contributed by atoms with Gasteiger partial charge in [0.1, 0.15) is 0 Å². The van der Waals surface area contributed by atoms with Gasteiger partial charge in [-0.25, -0.2) is 14.4 Å². The number of benzene rings is 3. The summed E-state index contributed by atoms with van der Waals surface area (Å²) in [5.41, 5.74) is 2.05. The Bertz CT molecular complexity index is 1480. The van der Waals surface area contributed by atoms with Crippen molar-refractivity contribution in [2.24, 2.45) is 0 Å². The van der Waals surface area contributed by atoms with Crippen molar-refractivity contribution >= 4 is 40.8 Å². The SMILES string of the molecule is C#Cc1cccc(NC(=O)Nc2cc(NC(=O)Nc3cccc(C#C)c3C#C)cc(C(=O)O)c2)c1C#C. The Morgan fingerprint density at radius 3 is 1.41 bits per heavy atom. The van der Waals surface area contributed by atoms with Gasteiger partial charge in [-0.1, -0.05) is 35.8 Å². The van der Waals surface area contributed by atoms with Crippen molar-refractivity contribution in [1.82, 2.24) is 0 Å². The molecule has 0 aliphatic heterocycles. The number of nitrogens with one attached hydrogen (secondary N) is 4. The Labute approximate surface area is 213 Å². The molecule has 0 aliphatic carbocycles. The van der Waals surface area contributed by atoms with Crippen LogP contribution in [0.25, 0.3) is 0 Å². The molecular formula is C29H18N4O4. The monoisotopic (exact) mass is 486 g/mol. The molecule has 0 saturated heterocycles. The number of amides is 4. The predicted molar refractivity (Wildman–Crippen MR) is 143 cm³/mol. The molecule has 0 saturated carbocycles. The van der Waals surface area contributed by atoms with Crippen LogP contribution in [0.4, 0.5) is 32.3 Å². The molecular weight excluding hydrogens is 468 g/mol. The molecule has 3 rings (SSSR count). The van der Waals surface area contributed by atoms with Crippen LogP contribution in [-0.2, 0) is 0 Å². The van der Waals surface area contributed by atoms with E-state index in [0.29, 0.717) is 33.6 Å². The largest absolute Gasteiger partial charge is 0.478 e. The van der Waals surface area contributed by atoms with Crippen molar-refractivity contribution in [3.05, 3.63) is 82.4 Å². The molecule has 178 valence electrons. The topological polar surface area (TPSA) is 120 Å². The Kier molecular flexibility index (Phi) is 7.84. The molecule has 0 aromatic heterocycles. The first-order chi connectivity index (χ1) is 17.8. The molecule has 8 heteroatoms. The lowest BCUT2D eigenvalue weighted by atomic mass is 10.1. The highest BCUT2D eigenvalue weighted by Crippen LogP contribution is 2.23. The number of hydrogen-bond donors (Lipinski definition) is 5. The van der Waals surface area contributed by atoms with Crippen molar-refractivity contribution in [3.8, 4) is 49.4 Å². The molecule has 0 bridgehead atoms. The maximum Gasteiger partial charge on any atom is 0.335 e. The summed E-state index contributed by atoms with van der Waals surface area (Å²) in [7, 11) is 0. The second-order valence-corrected chi connectivity index (χ2v) is 7.30. The third kappa shape index (κ3) is 6.08. The van der Waals surface area contributed by atoms with Crippen LogP contribution in [-0.4, -0.2) is 23.1 Å². The summed E-state index contributed by atoms with van der Waals surface area (Å²) in [5.74, 6) is 8.47. The number of anilines is 4. The van der Waals surface area contributed by atoms with E-state index in [1.54, 1.807) is 36.4 Å². The summed E-state index contributed by atoms with van der Waals surface area (Å²) in [6.45, 7) is 0. The minimum Gasteiger partial charge on any atom is -0.478 e. The fraction of sp³-hybridized carbons (Fsp3) is 0. The Morgan fingerprint density at radius 1 is 0.622 bits per heavy atom. The van der Waals surface area contributed by atoms with Crippen LogP contribution in [0.3, 0.4) is 0 Å². The van der Waals surface area contributed by atoms with Gasteiger partial charge in [0.15, 0.2) is 0 Å². The smallest absolute Gasteiger partial charge is 0.335 e. The second kappa shape index (κ2) is 11.4. The third-order valence-electron chi connectivity index (χ3n) is 4.92. The molecule has 0 aliphatic rings. The molecule has 3 aromatic carbocycles. The number of rotatable bonds is 5. The maximum absolute atomic E-state index is 12.6. The molecule has 0 fully saturated rings. The highest BCUT2D eigenvalue weighted by molar-refractivity contribution is 6.04. The molecule has 5 N–H and O–H groups in total. The lowest BCUT2D eigenvalue weighted by Crippen LogP contribution is -2.22. The molecule has 0 unspecified atom stereocenters. The summed E-state index contributed by atoms with van der Waals surface area (Å²) in [5, 5.41) is 19.7. The van der Waals surface area contributed by atoms with Crippen molar-refractivity contribution in [1.29, 1.82) is 0 Å². The van der Waals surface area contributed by atoms with Gasteiger partial charge < -0.3 is 26.4 Å². The Morgan fingerprint density at radius 2 is 1.05 bits per heavy atom. The van der Waals surface area contributed by atoms with Crippen LogP contribution in [0, 0.1) is 49.4 Å². The zero-order chi connectivity index (χ0) is 26.9. The number of hydrogen-bond acceptors (Lipinski definition) is 3. The van der Waals surface area contributed by atoms with Crippen molar-refractivity contribution in [2.75, 3.05) is 21.3 Å². The molecule has 0 heterocycles. The lowest BCUT2D eigenvalue weighted by Gasteiger charge is -2.14. The van der Waals surface area contributed by atoms with Crippen LogP contribution >= 0.6 is 0 Å². The van der Waals surface area contributed by atoms with E-state index in [4.69, 9.17) is 25.7 Å². The fourth-order valence-corrected chi connectivity index (χ4v) is 3.33. The number of carboxylic acids is 1. The number of carbonyl (C=O) groups is 3. The van der Waals surface area contributed by atoms with Crippen LogP contribution in [0.5, 0.6) is 0 Å². The summed E-state index contributed by atoms with van der Waals surface area (Å²) < 4.78 is 0. The normalized spacial score (nSPS) is 9.41. The van der Waals surface area contributed by atoms with Gasteiger partial charge in [0.2, 0.25) is 0 Å². The number of carbonyl (C=O) groups excluding carboxylic acids is 2. The van der Waals surface area contributed by atoms with E-state index in [9.17, 15) is 19.5 Å².